The Balaban J connectivity index is 1.86. The summed E-state index contributed by atoms with van der Waals surface area (Å²) in [5, 5.41) is 0. The molecule has 5 unspecified atom stereocenters. The minimum absolute atomic E-state index is 0.0110. The molecule has 2 aromatic rings. The molecule has 13 heteroatoms. The van der Waals surface area contributed by atoms with Gasteiger partial charge in [0, 0.05) is 57.0 Å². The number of amides is 1. The maximum absolute atomic E-state index is 14.7. The van der Waals surface area contributed by atoms with Crippen LogP contribution in [0.25, 0.3) is 0 Å². The van der Waals surface area contributed by atoms with Crippen LogP contribution in [0.1, 0.15) is 197 Å². The normalized spacial score (nSPS) is 15.8. The smallest absolute Gasteiger partial charge is 0.312 e. The number of ketones is 3. The minimum atomic E-state index is -1.40. The van der Waals surface area contributed by atoms with Crippen molar-refractivity contribution in [1.82, 2.24) is 4.90 Å². The van der Waals surface area contributed by atoms with E-state index in [1.165, 1.54) is 0 Å². The third kappa shape index (κ3) is 22.0. The fourth-order valence-corrected chi connectivity index (χ4v) is 9.88. The molecule has 1 aliphatic rings. The molecule has 0 bridgehead atoms. The number of esters is 3. The fraction of sp³-hybridized carbons (Fsp3) is 0.689. The zero-order valence-electron chi connectivity index (χ0n) is 46.7. The Kier molecular flexibility index (Phi) is 28.8. The second-order valence-corrected chi connectivity index (χ2v) is 21.6. The molecule has 1 amide bonds. The first-order valence-corrected chi connectivity index (χ1v) is 28.2. The van der Waals surface area contributed by atoms with Crippen LogP contribution in [0.2, 0.25) is 0 Å². The molecule has 0 aromatic heterocycles. The Morgan fingerprint density at radius 3 is 1.68 bits per heavy atom. The third-order valence-electron chi connectivity index (χ3n) is 15.4. The number of carbonyl (C=O) groups is 7. The van der Waals surface area contributed by atoms with Crippen molar-refractivity contribution < 1.29 is 57.2 Å². The van der Waals surface area contributed by atoms with Crippen LogP contribution < -0.4 is 9.47 Å². The molecule has 0 spiro atoms. The first kappa shape index (κ1) is 63.2. The number of hydrogen-bond acceptors (Lipinski definition) is 12. The van der Waals surface area contributed by atoms with E-state index in [-0.39, 0.29) is 119 Å². The van der Waals surface area contributed by atoms with Gasteiger partial charge in [0.15, 0.2) is 0 Å². The molecule has 1 aliphatic heterocycles. The van der Waals surface area contributed by atoms with Crippen LogP contribution in [0.15, 0.2) is 60.7 Å². The molecule has 5 atom stereocenters. The monoisotopic (exact) mass is 1030 g/mol. The average molecular weight is 1030 g/mol. The van der Waals surface area contributed by atoms with E-state index in [4.69, 9.17) is 23.7 Å². The van der Waals surface area contributed by atoms with E-state index >= 15 is 0 Å². The number of nitrogens with zero attached hydrogens (tertiary/aromatic N) is 1. The summed E-state index contributed by atoms with van der Waals surface area (Å²) in [6.45, 7) is 16.3. The van der Waals surface area contributed by atoms with Gasteiger partial charge in [-0.15, -0.1) is 0 Å². The van der Waals surface area contributed by atoms with E-state index in [1.807, 2.05) is 75.9 Å². The highest BCUT2D eigenvalue weighted by Gasteiger charge is 2.44. The molecular weight excluding hydrogens is 939 g/mol. The summed E-state index contributed by atoms with van der Waals surface area (Å²) in [4.78, 5) is 98.7. The summed E-state index contributed by atoms with van der Waals surface area (Å²) in [7, 11) is 0. The van der Waals surface area contributed by atoms with E-state index in [9.17, 15) is 33.6 Å². The molecule has 74 heavy (non-hydrogen) atoms. The molecule has 2 aromatic carbocycles. The first-order chi connectivity index (χ1) is 35.4. The molecule has 414 valence electrons. The van der Waals surface area contributed by atoms with Gasteiger partial charge in [0.2, 0.25) is 5.91 Å². The SMILES string of the molecule is CCCCC(=O)C(C)CC(CCC(=O)CCOc1ccccc1)(CCC(=O)CCOc1ccccc1)C(=O)OCCOC(=O)C(C)(CCC(C)(CC)C(=O)OCC(CC)CCCC)CC(C)N1CCCCCC1=O. The molecule has 1 heterocycles. The Hall–Kier alpha value is -5.07. The lowest BCUT2D eigenvalue weighted by molar-refractivity contribution is -0.168. The van der Waals surface area contributed by atoms with Gasteiger partial charge in [-0.1, -0.05) is 103 Å². The average Bonchev–Trinajstić information content (AvgIpc) is 3.63. The molecule has 0 radical (unpaired) electrons. The number of benzene rings is 2. The number of carbonyl (C=O) groups excluding carboxylic acids is 7. The van der Waals surface area contributed by atoms with Gasteiger partial charge in [0.1, 0.15) is 42.1 Å². The van der Waals surface area contributed by atoms with Crippen molar-refractivity contribution in [2.75, 3.05) is 39.6 Å². The van der Waals surface area contributed by atoms with E-state index in [0.29, 0.717) is 63.2 Å². The van der Waals surface area contributed by atoms with Crippen LogP contribution in [-0.4, -0.2) is 91.7 Å². The second-order valence-electron chi connectivity index (χ2n) is 21.6. The predicted molar refractivity (Wildman–Crippen MR) is 289 cm³/mol. The number of unbranched alkanes of at least 4 members (excludes halogenated alkanes) is 2. The van der Waals surface area contributed by atoms with Gasteiger partial charge in [0.05, 0.1) is 36.1 Å². The summed E-state index contributed by atoms with van der Waals surface area (Å²) in [5.41, 5.74) is -3.40. The summed E-state index contributed by atoms with van der Waals surface area (Å²) in [6.07, 6.45) is 10.7. The minimum Gasteiger partial charge on any atom is -0.493 e. The van der Waals surface area contributed by atoms with Crippen LogP contribution in [0.4, 0.5) is 0 Å². The highest BCUT2D eigenvalue weighted by molar-refractivity contribution is 5.85. The van der Waals surface area contributed by atoms with Gasteiger partial charge in [-0.25, -0.2) is 0 Å². The molecule has 1 fully saturated rings. The molecular formula is C61H93NO12. The van der Waals surface area contributed by atoms with Crippen molar-refractivity contribution in [3.8, 4) is 11.5 Å². The Morgan fingerprint density at radius 1 is 0.595 bits per heavy atom. The van der Waals surface area contributed by atoms with E-state index < -0.39 is 34.1 Å². The molecule has 1 saturated heterocycles. The topological polar surface area (TPSA) is 169 Å². The van der Waals surface area contributed by atoms with Crippen molar-refractivity contribution in [3.05, 3.63) is 60.7 Å². The number of para-hydroxylation sites is 2. The van der Waals surface area contributed by atoms with Gasteiger partial charge >= 0.3 is 17.9 Å². The van der Waals surface area contributed by atoms with Gasteiger partial charge in [-0.05, 0) is 122 Å². The Morgan fingerprint density at radius 2 is 1.14 bits per heavy atom. The van der Waals surface area contributed by atoms with Crippen LogP contribution in [0.3, 0.4) is 0 Å². The number of rotatable bonds is 39. The number of likely N-dealkylation sites (tertiary alicyclic amines) is 1. The van der Waals surface area contributed by atoms with Crippen molar-refractivity contribution in [1.29, 1.82) is 0 Å². The quantitative estimate of drug-likeness (QED) is 0.0353. The lowest BCUT2D eigenvalue weighted by Crippen LogP contribution is -2.44. The standard InChI is InChI=1S/C61H93NO12/c1-9-13-24-49(11-3)46-74-56(67)59(7,12-4)37-38-60(8,45-48(6)62-39-23-17-22-30-55(62)66)57(68)72-42-43-73-58(69)61(44-47(5)54(65)29-14-10-2,35-31-50(63)33-40-70-52-25-18-15-19-26-52)36-32-51(64)34-41-71-53-27-20-16-21-28-53/h15-16,18-21,25-28,47-49H,9-14,17,22-24,29-46H2,1-8H3. The highest BCUT2D eigenvalue weighted by Crippen LogP contribution is 2.41. The summed E-state index contributed by atoms with van der Waals surface area (Å²) in [6, 6.07) is 18.1. The lowest BCUT2D eigenvalue weighted by atomic mass is 9.71. The van der Waals surface area contributed by atoms with Crippen molar-refractivity contribution >= 4 is 41.2 Å². The van der Waals surface area contributed by atoms with Crippen molar-refractivity contribution in [2.24, 2.45) is 28.1 Å². The third-order valence-corrected chi connectivity index (χ3v) is 15.4. The number of hydrogen-bond donors (Lipinski definition) is 0. The fourth-order valence-electron chi connectivity index (χ4n) is 9.88. The van der Waals surface area contributed by atoms with Crippen molar-refractivity contribution in [3.63, 3.8) is 0 Å². The summed E-state index contributed by atoms with van der Waals surface area (Å²) in [5.74, 6) is -0.747. The second kappa shape index (κ2) is 33.8. The van der Waals surface area contributed by atoms with Gasteiger partial charge in [-0.2, -0.15) is 0 Å². The molecule has 13 nitrogen and oxygen atoms in total. The van der Waals surface area contributed by atoms with Gasteiger partial charge in [0.25, 0.3) is 0 Å². The Labute approximate surface area is 444 Å². The van der Waals surface area contributed by atoms with Gasteiger partial charge in [-0.3, -0.25) is 33.6 Å². The van der Waals surface area contributed by atoms with Crippen LogP contribution in [-0.2, 0) is 47.8 Å². The number of ether oxygens (including phenoxy) is 5. The molecule has 0 aliphatic carbocycles. The van der Waals surface area contributed by atoms with E-state index in [1.54, 1.807) is 31.2 Å². The molecule has 0 N–H and O–H groups in total. The van der Waals surface area contributed by atoms with E-state index in [2.05, 4.69) is 13.8 Å². The zero-order chi connectivity index (χ0) is 54.4. The lowest BCUT2D eigenvalue weighted by Gasteiger charge is -2.37. The highest BCUT2D eigenvalue weighted by atomic mass is 16.6. The first-order valence-electron chi connectivity index (χ1n) is 28.2. The largest absolute Gasteiger partial charge is 0.493 e. The summed E-state index contributed by atoms with van der Waals surface area (Å²) < 4.78 is 29.6. The Bertz CT molecular complexity index is 1950. The molecule has 3 rings (SSSR count). The maximum atomic E-state index is 14.7. The molecule has 0 saturated carbocycles. The van der Waals surface area contributed by atoms with Gasteiger partial charge < -0.3 is 28.6 Å². The van der Waals surface area contributed by atoms with Crippen molar-refractivity contribution in [2.45, 2.75) is 203 Å². The van der Waals surface area contributed by atoms with Crippen LogP contribution in [0, 0.1) is 28.1 Å². The zero-order valence-corrected chi connectivity index (χ0v) is 46.7. The van der Waals surface area contributed by atoms with Crippen LogP contribution in [0.5, 0.6) is 11.5 Å². The van der Waals surface area contributed by atoms with Crippen LogP contribution >= 0.6 is 0 Å². The summed E-state index contributed by atoms with van der Waals surface area (Å²) >= 11 is 0. The number of Topliss-reactive ketones (excluding diaryl/α,β-unsaturated/α-hetero) is 3. The van der Waals surface area contributed by atoms with E-state index in [0.717, 1.165) is 51.4 Å². The predicted octanol–water partition coefficient (Wildman–Crippen LogP) is 12.6. The maximum Gasteiger partial charge on any atom is 0.312 e.